The highest BCUT2D eigenvalue weighted by atomic mass is 16.4. The number of carboxylic acids is 1. The molecular formula is C19H24N2O4. The Kier molecular flexibility index (Phi) is 5.06. The Morgan fingerprint density at radius 1 is 1.28 bits per heavy atom. The zero-order valence-corrected chi connectivity index (χ0v) is 14.4. The van der Waals surface area contributed by atoms with Crippen LogP contribution in [0.15, 0.2) is 30.3 Å². The largest absolute Gasteiger partial charge is 0.480 e. The number of carboxylic acid groups (broad SMARTS) is 1. The summed E-state index contributed by atoms with van der Waals surface area (Å²) in [4.78, 5) is 37.8. The van der Waals surface area contributed by atoms with Gasteiger partial charge in [-0.3, -0.25) is 9.59 Å². The van der Waals surface area contributed by atoms with E-state index < -0.39 is 17.9 Å². The summed E-state index contributed by atoms with van der Waals surface area (Å²) in [5.41, 5.74) is 1.02. The van der Waals surface area contributed by atoms with Gasteiger partial charge in [0.2, 0.25) is 11.8 Å². The first kappa shape index (κ1) is 17.5. The average molecular weight is 344 g/mol. The molecule has 2 amide bonds. The number of nitrogens with zero attached hydrogens (tertiary/aromatic N) is 1. The first-order chi connectivity index (χ1) is 12.0. The van der Waals surface area contributed by atoms with Crippen LogP contribution in [0.2, 0.25) is 0 Å². The number of carbonyl (C=O) groups excluding carboxylic acids is 2. The molecule has 3 rings (SSSR count). The maximum Gasteiger partial charge on any atom is 0.326 e. The van der Waals surface area contributed by atoms with Crippen molar-refractivity contribution in [2.24, 2.45) is 11.8 Å². The molecular weight excluding hydrogens is 320 g/mol. The second-order valence-corrected chi connectivity index (χ2v) is 7.11. The molecule has 134 valence electrons. The molecule has 2 fully saturated rings. The van der Waals surface area contributed by atoms with E-state index in [-0.39, 0.29) is 24.3 Å². The fourth-order valence-electron chi connectivity index (χ4n) is 3.39. The van der Waals surface area contributed by atoms with Crippen LogP contribution in [-0.2, 0) is 14.4 Å². The second-order valence-electron chi connectivity index (χ2n) is 7.11. The normalized spacial score (nSPS) is 22.5. The molecule has 3 atom stereocenters. The Balaban J connectivity index is 1.61. The molecule has 2 aliphatic rings. The van der Waals surface area contributed by atoms with Crippen LogP contribution in [-0.4, -0.2) is 40.4 Å². The van der Waals surface area contributed by atoms with Crippen molar-refractivity contribution in [3.8, 4) is 0 Å². The number of amides is 2. The first-order valence-electron chi connectivity index (χ1n) is 8.83. The number of benzene rings is 1. The third-order valence-electron chi connectivity index (χ3n) is 5.16. The Bertz CT molecular complexity index is 657. The summed E-state index contributed by atoms with van der Waals surface area (Å²) in [5.74, 6) is -1.48. The van der Waals surface area contributed by atoms with Crippen molar-refractivity contribution in [1.82, 2.24) is 10.2 Å². The van der Waals surface area contributed by atoms with Crippen molar-refractivity contribution >= 4 is 17.8 Å². The molecule has 1 aliphatic carbocycles. The van der Waals surface area contributed by atoms with Gasteiger partial charge in [-0.2, -0.15) is 0 Å². The van der Waals surface area contributed by atoms with Gasteiger partial charge in [-0.25, -0.2) is 4.79 Å². The topological polar surface area (TPSA) is 86.7 Å². The lowest BCUT2D eigenvalue weighted by atomic mass is 10.1. The van der Waals surface area contributed by atoms with Gasteiger partial charge < -0.3 is 15.3 Å². The number of likely N-dealkylation sites (tertiary alicyclic amines) is 1. The molecule has 25 heavy (non-hydrogen) atoms. The predicted octanol–water partition coefficient (Wildman–Crippen LogP) is 1.97. The molecule has 1 heterocycles. The van der Waals surface area contributed by atoms with Gasteiger partial charge in [-0.05, 0) is 24.8 Å². The number of hydrogen-bond donors (Lipinski definition) is 2. The SMILES string of the molecule is CC(c1ccccc1)N1CC(C(=O)NC(CC2CC2)C(=O)O)CC1=O. The quantitative estimate of drug-likeness (QED) is 0.792. The second kappa shape index (κ2) is 7.25. The lowest BCUT2D eigenvalue weighted by Crippen LogP contribution is -2.44. The summed E-state index contributed by atoms with van der Waals surface area (Å²) in [6.07, 6.45) is 2.68. The van der Waals surface area contributed by atoms with E-state index in [1.54, 1.807) is 4.90 Å². The van der Waals surface area contributed by atoms with Gasteiger partial charge in [-0.1, -0.05) is 43.2 Å². The van der Waals surface area contributed by atoms with E-state index in [1.165, 1.54) is 0 Å². The van der Waals surface area contributed by atoms with Gasteiger partial charge in [0.25, 0.3) is 0 Å². The lowest BCUT2D eigenvalue weighted by Gasteiger charge is -2.25. The van der Waals surface area contributed by atoms with E-state index >= 15 is 0 Å². The molecule has 1 aromatic carbocycles. The van der Waals surface area contributed by atoms with Crippen LogP contribution in [0.5, 0.6) is 0 Å². The monoisotopic (exact) mass is 344 g/mol. The summed E-state index contributed by atoms with van der Waals surface area (Å²) in [6.45, 7) is 2.27. The van der Waals surface area contributed by atoms with Crippen molar-refractivity contribution in [3.05, 3.63) is 35.9 Å². The number of rotatable bonds is 7. The van der Waals surface area contributed by atoms with Gasteiger partial charge >= 0.3 is 5.97 Å². The first-order valence-corrected chi connectivity index (χ1v) is 8.83. The summed E-state index contributed by atoms with van der Waals surface area (Å²) in [6, 6.07) is 8.73. The number of hydrogen-bond acceptors (Lipinski definition) is 3. The molecule has 1 aromatic rings. The fourth-order valence-corrected chi connectivity index (χ4v) is 3.39. The van der Waals surface area contributed by atoms with Crippen LogP contribution >= 0.6 is 0 Å². The third-order valence-corrected chi connectivity index (χ3v) is 5.16. The van der Waals surface area contributed by atoms with Gasteiger partial charge in [0.15, 0.2) is 0 Å². The minimum Gasteiger partial charge on any atom is -0.480 e. The third kappa shape index (κ3) is 4.18. The molecule has 0 radical (unpaired) electrons. The molecule has 6 nitrogen and oxygen atoms in total. The molecule has 1 saturated carbocycles. The Hall–Kier alpha value is -2.37. The van der Waals surface area contributed by atoms with Crippen molar-refractivity contribution in [1.29, 1.82) is 0 Å². The number of aliphatic carboxylic acids is 1. The fraction of sp³-hybridized carbons (Fsp3) is 0.526. The smallest absolute Gasteiger partial charge is 0.326 e. The molecule has 3 unspecified atom stereocenters. The van der Waals surface area contributed by atoms with Crippen molar-refractivity contribution in [2.75, 3.05) is 6.54 Å². The van der Waals surface area contributed by atoms with Crippen molar-refractivity contribution in [2.45, 2.75) is 44.7 Å². The van der Waals surface area contributed by atoms with Crippen LogP contribution in [0.4, 0.5) is 0 Å². The minimum atomic E-state index is -1.00. The highest BCUT2D eigenvalue weighted by Gasteiger charge is 2.39. The van der Waals surface area contributed by atoms with Gasteiger partial charge in [0.1, 0.15) is 6.04 Å². The summed E-state index contributed by atoms with van der Waals surface area (Å²) < 4.78 is 0. The zero-order chi connectivity index (χ0) is 18.0. The van der Waals surface area contributed by atoms with E-state index in [2.05, 4.69) is 5.32 Å². The van der Waals surface area contributed by atoms with Crippen molar-refractivity contribution in [3.63, 3.8) is 0 Å². The van der Waals surface area contributed by atoms with Crippen LogP contribution in [0, 0.1) is 11.8 Å². The zero-order valence-electron chi connectivity index (χ0n) is 14.4. The van der Waals surface area contributed by atoms with Crippen LogP contribution in [0.3, 0.4) is 0 Å². The Morgan fingerprint density at radius 2 is 1.96 bits per heavy atom. The van der Waals surface area contributed by atoms with E-state index in [0.29, 0.717) is 18.9 Å². The van der Waals surface area contributed by atoms with Crippen LogP contribution < -0.4 is 5.32 Å². The predicted molar refractivity (Wildman–Crippen MR) is 91.6 cm³/mol. The number of nitrogens with one attached hydrogen (secondary N) is 1. The van der Waals surface area contributed by atoms with E-state index in [9.17, 15) is 19.5 Å². The summed E-state index contributed by atoms with van der Waals surface area (Å²) >= 11 is 0. The molecule has 0 spiro atoms. The Labute approximate surface area is 147 Å². The maximum absolute atomic E-state index is 12.5. The summed E-state index contributed by atoms with van der Waals surface area (Å²) in [7, 11) is 0. The van der Waals surface area contributed by atoms with E-state index in [1.807, 2.05) is 37.3 Å². The lowest BCUT2D eigenvalue weighted by molar-refractivity contribution is -0.142. The van der Waals surface area contributed by atoms with Crippen LogP contribution in [0.1, 0.15) is 44.2 Å². The van der Waals surface area contributed by atoms with E-state index in [0.717, 1.165) is 18.4 Å². The minimum absolute atomic E-state index is 0.0643. The standard InChI is InChI=1S/C19H24N2O4/c1-12(14-5-3-2-4-6-14)21-11-15(10-17(21)22)18(23)20-16(19(24)25)9-13-7-8-13/h2-6,12-13,15-16H,7-11H2,1H3,(H,20,23)(H,24,25). The van der Waals surface area contributed by atoms with Gasteiger partial charge in [-0.15, -0.1) is 0 Å². The van der Waals surface area contributed by atoms with Gasteiger partial charge in [0, 0.05) is 13.0 Å². The number of carbonyl (C=O) groups is 3. The van der Waals surface area contributed by atoms with Crippen LogP contribution in [0.25, 0.3) is 0 Å². The highest BCUT2D eigenvalue weighted by molar-refractivity contribution is 5.91. The molecule has 1 saturated heterocycles. The van der Waals surface area contributed by atoms with E-state index in [4.69, 9.17) is 0 Å². The Morgan fingerprint density at radius 3 is 2.56 bits per heavy atom. The maximum atomic E-state index is 12.5. The molecule has 0 aromatic heterocycles. The molecule has 0 bridgehead atoms. The van der Waals surface area contributed by atoms with Crippen molar-refractivity contribution < 1.29 is 19.5 Å². The average Bonchev–Trinajstić information content (AvgIpc) is 3.33. The molecule has 6 heteroatoms. The molecule has 2 N–H and O–H groups in total. The van der Waals surface area contributed by atoms with Gasteiger partial charge in [0.05, 0.1) is 12.0 Å². The summed E-state index contributed by atoms with van der Waals surface area (Å²) in [5, 5.41) is 11.9. The highest BCUT2D eigenvalue weighted by Crippen LogP contribution is 2.34. The molecule has 1 aliphatic heterocycles.